The van der Waals surface area contributed by atoms with Gasteiger partial charge in [0.05, 0.1) is 5.41 Å². The molecule has 0 atom stereocenters. The summed E-state index contributed by atoms with van der Waals surface area (Å²) in [5, 5.41) is 2.57. The van der Waals surface area contributed by atoms with Crippen LogP contribution in [0.25, 0.3) is 44.2 Å². The van der Waals surface area contributed by atoms with Crippen LogP contribution in [-0.4, -0.2) is 0 Å². The topological polar surface area (TPSA) is 3.24 Å². The van der Waals surface area contributed by atoms with Crippen LogP contribution in [0.15, 0.2) is 176 Å². The van der Waals surface area contributed by atoms with E-state index in [-0.39, 0.29) is 0 Å². The second-order valence-corrected chi connectivity index (χ2v) is 23.3. The molecule has 0 aromatic heterocycles. The van der Waals surface area contributed by atoms with Gasteiger partial charge in [-0.3, -0.25) is 0 Å². The van der Waals surface area contributed by atoms with Crippen LogP contribution in [-0.2, 0) is 5.41 Å². The van der Waals surface area contributed by atoms with Crippen LogP contribution in [0.1, 0.15) is 109 Å². The van der Waals surface area contributed by atoms with Crippen molar-refractivity contribution in [2.75, 3.05) is 4.90 Å². The van der Waals surface area contributed by atoms with Gasteiger partial charge in [0.1, 0.15) is 0 Å². The van der Waals surface area contributed by atoms with Crippen molar-refractivity contribution in [3.05, 3.63) is 209 Å². The molecule has 68 heavy (non-hydrogen) atoms. The Bertz CT molecular complexity index is 3180. The second kappa shape index (κ2) is 14.4. The molecule has 0 aliphatic heterocycles. The summed E-state index contributed by atoms with van der Waals surface area (Å²) >= 11 is 0. The number of hydrogen-bond acceptors (Lipinski definition) is 1. The van der Waals surface area contributed by atoms with Gasteiger partial charge in [-0.25, -0.2) is 0 Å². The minimum atomic E-state index is -0.406. The van der Waals surface area contributed by atoms with Crippen LogP contribution in [0.2, 0.25) is 0 Å². The largest absolute Gasteiger partial charge is 0.310 e. The fourth-order valence-corrected chi connectivity index (χ4v) is 18.0. The zero-order valence-corrected chi connectivity index (χ0v) is 39.0. The van der Waals surface area contributed by atoms with Gasteiger partial charge in [0.15, 0.2) is 0 Å². The second-order valence-electron chi connectivity index (χ2n) is 23.3. The van der Waals surface area contributed by atoms with E-state index in [4.69, 9.17) is 0 Å². The normalized spacial score (nSPS) is 30.4. The summed E-state index contributed by atoms with van der Waals surface area (Å²) < 4.78 is 0. The van der Waals surface area contributed by atoms with Crippen LogP contribution < -0.4 is 4.90 Å². The third kappa shape index (κ3) is 5.45. The van der Waals surface area contributed by atoms with Crippen molar-refractivity contribution in [2.24, 2.45) is 47.3 Å². The molecule has 0 unspecified atom stereocenters. The molecule has 0 N–H and O–H groups in total. The van der Waals surface area contributed by atoms with Crippen LogP contribution in [0.5, 0.6) is 0 Å². The molecule has 332 valence electrons. The van der Waals surface area contributed by atoms with Crippen LogP contribution in [0.4, 0.5) is 17.1 Å². The number of fused-ring (bicyclic) bond motifs is 11. The van der Waals surface area contributed by atoms with Gasteiger partial charge in [-0.05, 0) is 237 Å². The van der Waals surface area contributed by atoms with Crippen molar-refractivity contribution < 1.29 is 0 Å². The molecule has 1 nitrogen and oxygen atoms in total. The van der Waals surface area contributed by atoms with Crippen molar-refractivity contribution in [3.8, 4) is 33.4 Å². The van der Waals surface area contributed by atoms with E-state index >= 15 is 0 Å². The Morgan fingerprint density at radius 3 is 1.40 bits per heavy atom. The van der Waals surface area contributed by atoms with Crippen molar-refractivity contribution >= 4 is 27.8 Å². The first kappa shape index (κ1) is 38.8. The summed E-state index contributed by atoms with van der Waals surface area (Å²) in [6.45, 7) is 0. The molecule has 0 amide bonds. The van der Waals surface area contributed by atoms with E-state index in [2.05, 4.69) is 181 Å². The van der Waals surface area contributed by atoms with Crippen LogP contribution in [0, 0.1) is 47.3 Å². The number of rotatable bonds is 6. The molecule has 0 saturated heterocycles. The fourth-order valence-electron chi connectivity index (χ4n) is 18.0. The van der Waals surface area contributed by atoms with E-state index in [1.807, 2.05) is 0 Å². The van der Waals surface area contributed by atoms with Crippen LogP contribution in [0.3, 0.4) is 0 Å². The van der Waals surface area contributed by atoms with Gasteiger partial charge < -0.3 is 4.90 Å². The summed E-state index contributed by atoms with van der Waals surface area (Å²) in [7, 11) is 0. The Morgan fingerprint density at radius 2 is 0.779 bits per heavy atom. The van der Waals surface area contributed by atoms with Crippen molar-refractivity contribution in [1.29, 1.82) is 0 Å². The maximum Gasteiger partial charge on any atom is 0.0726 e. The maximum absolute atomic E-state index is 2.80. The standard InChI is InChI=1S/C67H59N/c1-2-11-52(12-3-1)68(53-21-17-45(18-22-53)56-15-8-10-44-9-4-5-13-55(44)56)54-23-26-60-57-14-6-7-16-61(57)67(64(60)39-54)62-37-46(65-48-29-40-27-41(31-48)32-49(65)30-40)19-24-58(62)59-25-20-47(38-63(59)67)66-50-33-42-28-43(35-50)36-51(66)34-42/h1-26,37-43,48-51,65-66H,27-36H2. The zero-order valence-electron chi connectivity index (χ0n) is 39.0. The zero-order chi connectivity index (χ0) is 44.2. The van der Waals surface area contributed by atoms with E-state index in [1.165, 1.54) is 148 Å². The van der Waals surface area contributed by atoms with Crippen molar-refractivity contribution in [1.82, 2.24) is 0 Å². The van der Waals surface area contributed by atoms with Gasteiger partial charge >= 0.3 is 0 Å². The Balaban J connectivity index is 0.899. The lowest BCUT2D eigenvalue weighted by Gasteiger charge is -2.54. The highest BCUT2D eigenvalue weighted by molar-refractivity contribution is 5.98. The summed E-state index contributed by atoms with van der Waals surface area (Å²) in [6.07, 6.45) is 14.6. The summed E-state index contributed by atoms with van der Waals surface area (Å²) in [4.78, 5) is 2.51. The quantitative estimate of drug-likeness (QED) is 0.161. The Kier molecular flexibility index (Phi) is 8.22. The lowest BCUT2D eigenvalue weighted by molar-refractivity contribution is -0.00283. The van der Waals surface area contributed by atoms with Gasteiger partial charge in [0.25, 0.3) is 0 Å². The lowest BCUT2D eigenvalue weighted by Crippen LogP contribution is -2.43. The Hall–Kier alpha value is -6.18. The first-order valence-electron chi connectivity index (χ1n) is 26.6. The van der Waals surface area contributed by atoms with Crippen molar-refractivity contribution in [3.63, 3.8) is 0 Å². The van der Waals surface area contributed by atoms with E-state index in [1.54, 1.807) is 11.1 Å². The lowest BCUT2D eigenvalue weighted by atomic mass is 9.50. The minimum absolute atomic E-state index is 0.406. The molecule has 1 spiro atoms. The molecule has 8 bridgehead atoms. The number of benzene rings is 8. The molecular formula is C67H59N. The molecule has 8 aromatic carbocycles. The minimum Gasteiger partial charge on any atom is -0.310 e. The molecule has 8 saturated carbocycles. The summed E-state index contributed by atoms with van der Waals surface area (Å²) in [5.41, 5.74) is 20.6. The molecule has 1 heteroatoms. The van der Waals surface area contributed by atoms with Gasteiger partial charge in [-0.2, -0.15) is 0 Å². The summed E-state index contributed by atoms with van der Waals surface area (Å²) in [5.74, 6) is 8.61. The Morgan fingerprint density at radius 1 is 0.324 bits per heavy atom. The van der Waals surface area contributed by atoms with Gasteiger partial charge in [-0.15, -0.1) is 0 Å². The monoisotopic (exact) mass is 877 g/mol. The number of anilines is 3. The molecule has 10 aliphatic rings. The van der Waals surface area contributed by atoms with Gasteiger partial charge in [0.2, 0.25) is 0 Å². The number of nitrogens with zero attached hydrogens (tertiary/aromatic N) is 1. The average Bonchev–Trinajstić information content (AvgIpc) is 3.82. The van der Waals surface area contributed by atoms with E-state index in [0.29, 0.717) is 11.8 Å². The molecule has 0 radical (unpaired) electrons. The van der Waals surface area contributed by atoms with E-state index in [0.717, 1.165) is 47.3 Å². The van der Waals surface area contributed by atoms with E-state index < -0.39 is 5.41 Å². The van der Waals surface area contributed by atoms with Crippen LogP contribution >= 0.6 is 0 Å². The first-order chi connectivity index (χ1) is 33.6. The molecule has 0 heterocycles. The molecule has 8 fully saturated rings. The molecular weight excluding hydrogens is 819 g/mol. The Labute approximate surface area is 402 Å². The maximum atomic E-state index is 2.80. The smallest absolute Gasteiger partial charge is 0.0726 e. The van der Waals surface area contributed by atoms with Crippen molar-refractivity contribution in [2.45, 2.75) is 81.5 Å². The highest BCUT2D eigenvalue weighted by atomic mass is 15.1. The highest BCUT2D eigenvalue weighted by Gasteiger charge is 2.55. The van der Waals surface area contributed by atoms with Gasteiger partial charge in [0, 0.05) is 17.1 Å². The van der Waals surface area contributed by atoms with Gasteiger partial charge in [-0.1, -0.05) is 140 Å². The predicted molar refractivity (Wildman–Crippen MR) is 280 cm³/mol. The first-order valence-corrected chi connectivity index (χ1v) is 26.6. The SMILES string of the molecule is c1ccc(N(c2ccc(-c3cccc4ccccc34)cc2)c2ccc3c(c2)C2(c4ccccc4-3)c3cc(C4C5CC6CC(C5)CC4C6)ccc3-c3ccc(C4C5CC6CC(C5)CC4C6)cc32)cc1. The molecule has 10 aliphatic carbocycles. The molecule has 8 aromatic rings. The van der Waals surface area contributed by atoms with E-state index in [9.17, 15) is 0 Å². The highest BCUT2D eigenvalue weighted by Crippen LogP contribution is 2.67. The number of hydrogen-bond donors (Lipinski definition) is 0. The predicted octanol–water partition coefficient (Wildman–Crippen LogP) is 17.4. The fraction of sp³-hybridized carbons (Fsp3) is 0.313. The summed E-state index contributed by atoms with van der Waals surface area (Å²) in [6, 6.07) is 69.0. The molecule has 18 rings (SSSR count). The number of para-hydroxylation sites is 1. The third-order valence-electron chi connectivity index (χ3n) is 19.9. The third-order valence-corrected chi connectivity index (χ3v) is 19.9. The average molecular weight is 878 g/mol.